The lowest BCUT2D eigenvalue weighted by atomic mass is 10.0. The summed E-state index contributed by atoms with van der Waals surface area (Å²) < 4.78 is 1.13. The van der Waals surface area contributed by atoms with Crippen LogP contribution in [0.1, 0.15) is 25.3 Å². The molecular formula is C19H21N3OS. The van der Waals surface area contributed by atoms with Gasteiger partial charge in [0.05, 0.1) is 16.8 Å². The number of fused-ring (bicyclic) bond motifs is 1. The number of nitrogens with zero attached hydrogens (tertiary/aromatic N) is 2. The highest BCUT2D eigenvalue weighted by atomic mass is 32.1. The number of rotatable bonds is 5. The minimum atomic E-state index is -0.0372. The molecule has 0 saturated carbocycles. The van der Waals surface area contributed by atoms with Crippen molar-refractivity contribution < 1.29 is 4.79 Å². The molecule has 3 rings (SSSR count). The second-order valence-electron chi connectivity index (χ2n) is 6.11. The van der Waals surface area contributed by atoms with Crippen LogP contribution in [0.3, 0.4) is 0 Å². The van der Waals surface area contributed by atoms with Crippen LogP contribution in [0.2, 0.25) is 0 Å². The summed E-state index contributed by atoms with van der Waals surface area (Å²) in [6, 6.07) is 16.0. The molecule has 0 bridgehead atoms. The largest absolute Gasteiger partial charge is 0.342 e. The van der Waals surface area contributed by atoms with Gasteiger partial charge in [0.15, 0.2) is 5.13 Å². The average molecular weight is 339 g/mol. The number of carbonyl (C=O) groups excluding carboxylic acids is 1. The zero-order chi connectivity index (χ0) is 17.1. The fourth-order valence-electron chi connectivity index (χ4n) is 2.61. The summed E-state index contributed by atoms with van der Waals surface area (Å²) in [5.74, 6) is 0.327. The molecule has 2 aromatic carbocycles. The molecule has 1 amide bonds. The molecule has 24 heavy (non-hydrogen) atoms. The second kappa shape index (κ2) is 7.01. The van der Waals surface area contributed by atoms with E-state index in [-0.39, 0.29) is 12.5 Å². The zero-order valence-corrected chi connectivity index (χ0v) is 14.9. The standard InChI is InChI=1S/C19H21N3OS/c1-13(2)14-8-4-5-9-15(14)20-18(23)12-22(3)19-21-16-10-6-7-11-17(16)24-19/h4-11,13H,12H2,1-3H3,(H,20,23). The van der Waals surface area contributed by atoms with Crippen LogP contribution >= 0.6 is 11.3 Å². The molecule has 0 saturated heterocycles. The third-order valence-corrected chi connectivity index (χ3v) is 5.00. The van der Waals surface area contributed by atoms with Gasteiger partial charge in [-0.3, -0.25) is 4.79 Å². The van der Waals surface area contributed by atoms with Crippen molar-refractivity contribution in [3.05, 3.63) is 54.1 Å². The minimum Gasteiger partial charge on any atom is -0.342 e. The van der Waals surface area contributed by atoms with Gasteiger partial charge in [0.25, 0.3) is 0 Å². The summed E-state index contributed by atoms with van der Waals surface area (Å²) in [6.07, 6.45) is 0. The number of carbonyl (C=O) groups is 1. The Hall–Kier alpha value is -2.40. The lowest BCUT2D eigenvalue weighted by Gasteiger charge is -2.17. The van der Waals surface area contributed by atoms with Crippen molar-refractivity contribution in [3.63, 3.8) is 0 Å². The van der Waals surface area contributed by atoms with E-state index < -0.39 is 0 Å². The molecule has 0 radical (unpaired) electrons. The number of amides is 1. The molecule has 0 aliphatic rings. The van der Waals surface area contributed by atoms with Crippen molar-refractivity contribution >= 4 is 38.3 Å². The number of likely N-dealkylation sites (N-methyl/N-ethyl adjacent to an activating group) is 1. The Bertz CT molecular complexity index is 823. The molecule has 5 heteroatoms. The molecule has 0 atom stereocenters. The van der Waals surface area contributed by atoms with Gasteiger partial charge >= 0.3 is 0 Å². The first-order chi connectivity index (χ1) is 11.5. The molecule has 124 valence electrons. The molecule has 1 heterocycles. The van der Waals surface area contributed by atoms with Gasteiger partial charge in [0.1, 0.15) is 0 Å². The highest BCUT2D eigenvalue weighted by Crippen LogP contribution is 2.28. The van der Waals surface area contributed by atoms with E-state index in [1.165, 1.54) is 0 Å². The van der Waals surface area contributed by atoms with Gasteiger partial charge in [0.2, 0.25) is 5.91 Å². The zero-order valence-electron chi connectivity index (χ0n) is 14.1. The molecule has 0 spiro atoms. The van der Waals surface area contributed by atoms with E-state index in [4.69, 9.17) is 0 Å². The number of nitrogens with one attached hydrogen (secondary N) is 1. The second-order valence-corrected chi connectivity index (χ2v) is 7.12. The van der Waals surface area contributed by atoms with Crippen LogP contribution in [0.4, 0.5) is 10.8 Å². The van der Waals surface area contributed by atoms with E-state index in [0.717, 1.165) is 26.6 Å². The minimum absolute atomic E-state index is 0.0372. The van der Waals surface area contributed by atoms with Crippen LogP contribution < -0.4 is 10.2 Å². The van der Waals surface area contributed by atoms with Crippen LogP contribution in [-0.2, 0) is 4.79 Å². The van der Waals surface area contributed by atoms with E-state index in [1.54, 1.807) is 11.3 Å². The van der Waals surface area contributed by atoms with E-state index in [1.807, 2.05) is 54.4 Å². The quantitative estimate of drug-likeness (QED) is 0.745. The van der Waals surface area contributed by atoms with Gasteiger partial charge in [0, 0.05) is 12.7 Å². The highest BCUT2D eigenvalue weighted by molar-refractivity contribution is 7.22. The topological polar surface area (TPSA) is 45.2 Å². The van der Waals surface area contributed by atoms with Crippen molar-refractivity contribution in [2.24, 2.45) is 0 Å². The first kappa shape index (κ1) is 16.5. The van der Waals surface area contributed by atoms with Gasteiger partial charge in [-0.2, -0.15) is 0 Å². The molecule has 1 aromatic heterocycles. The number of aromatic nitrogens is 1. The van der Waals surface area contributed by atoms with Crippen molar-refractivity contribution in [2.75, 3.05) is 23.8 Å². The fraction of sp³-hybridized carbons (Fsp3) is 0.263. The Labute approximate surface area is 146 Å². The molecule has 0 aliphatic heterocycles. The molecular weight excluding hydrogens is 318 g/mol. The van der Waals surface area contributed by atoms with E-state index in [0.29, 0.717) is 5.92 Å². The molecule has 0 fully saturated rings. The van der Waals surface area contributed by atoms with Crippen LogP contribution in [0.15, 0.2) is 48.5 Å². The first-order valence-corrected chi connectivity index (χ1v) is 8.81. The lowest BCUT2D eigenvalue weighted by molar-refractivity contribution is -0.114. The van der Waals surface area contributed by atoms with Gasteiger partial charge in [-0.05, 0) is 29.7 Å². The summed E-state index contributed by atoms with van der Waals surface area (Å²) >= 11 is 1.60. The van der Waals surface area contributed by atoms with Crippen molar-refractivity contribution in [1.82, 2.24) is 4.98 Å². The van der Waals surface area contributed by atoms with E-state index in [2.05, 4.69) is 30.2 Å². The van der Waals surface area contributed by atoms with Crippen LogP contribution in [-0.4, -0.2) is 24.5 Å². The van der Waals surface area contributed by atoms with Crippen LogP contribution in [0, 0.1) is 0 Å². The maximum atomic E-state index is 12.4. The van der Waals surface area contributed by atoms with Crippen molar-refractivity contribution in [2.45, 2.75) is 19.8 Å². The Morgan fingerprint density at radius 3 is 2.62 bits per heavy atom. The van der Waals surface area contributed by atoms with Crippen molar-refractivity contribution in [3.8, 4) is 0 Å². The summed E-state index contributed by atoms with van der Waals surface area (Å²) in [6.45, 7) is 4.52. The predicted octanol–water partition coefficient (Wildman–Crippen LogP) is 4.49. The van der Waals surface area contributed by atoms with Crippen molar-refractivity contribution in [1.29, 1.82) is 0 Å². The summed E-state index contributed by atoms with van der Waals surface area (Å²) in [5, 5.41) is 3.87. The first-order valence-electron chi connectivity index (χ1n) is 8.00. The third-order valence-electron chi connectivity index (χ3n) is 3.85. The fourth-order valence-corrected chi connectivity index (χ4v) is 3.54. The molecule has 1 N–H and O–H groups in total. The lowest BCUT2D eigenvalue weighted by Crippen LogP contribution is -2.30. The number of thiazole rings is 1. The average Bonchev–Trinajstić information content (AvgIpc) is 2.99. The van der Waals surface area contributed by atoms with E-state index >= 15 is 0 Å². The van der Waals surface area contributed by atoms with E-state index in [9.17, 15) is 4.79 Å². The summed E-state index contributed by atoms with van der Waals surface area (Å²) in [7, 11) is 1.89. The monoisotopic (exact) mass is 339 g/mol. The number of benzene rings is 2. The Balaban J connectivity index is 1.70. The number of hydrogen-bond acceptors (Lipinski definition) is 4. The Morgan fingerprint density at radius 2 is 1.88 bits per heavy atom. The third kappa shape index (κ3) is 3.57. The SMILES string of the molecule is CC(C)c1ccccc1NC(=O)CN(C)c1nc2ccccc2s1. The maximum absolute atomic E-state index is 12.4. The number of para-hydroxylation sites is 2. The summed E-state index contributed by atoms with van der Waals surface area (Å²) in [5.41, 5.74) is 3.00. The highest BCUT2D eigenvalue weighted by Gasteiger charge is 2.14. The maximum Gasteiger partial charge on any atom is 0.243 e. The normalized spacial score (nSPS) is 11.0. The number of hydrogen-bond donors (Lipinski definition) is 1. The molecule has 4 nitrogen and oxygen atoms in total. The molecule has 3 aromatic rings. The smallest absolute Gasteiger partial charge is 0.243 e. The van der Waals surface area contributed by atoms with Gasteiger partial charge in [-0.25, -0.2) is 4.98 Å². The molecule has 0 aliphatic carbocycles. The van der Waals surface area contributed by atoms with Crippen LogP contribution in [0.25, 0.3) is 10.2 Å². The van der Waals surface area contributed by atoms with Crippen LogP contribution in [0.5, 0.6) is 0 Å². The Kier molecular flexibility index (Phi) is 4.81. The molecule has 0 unspecified atom stereocenters. The Morgan fingerprint density at radius 1 is 1.17 bits per heavy atom. The van der Waals surface area contributed by atoms with Gasteiger partial charge in [-0.1, -0.05) is 55.5 Å². The predicted molar refractivity (Wildman–Crippen MR) is 102 cm³/mol. The van der Waals surface area contributed by atoms with Gasteiger partial charge < -0.3 is 10.2 Å². The number of anilines is 2. The summed E-state index contributed by atoms with van der Waals surface area (Å²) in [4.78, 5) is 18.9. The van der Waals surface area contributed by atoms with Gasteiger partial charge in [-0.15, -0.1) is 0 Å².